The number of aromatic nitrogens is 1. The van der Waals surface area contributed by atoms with E-state index in [9.17, 15) is 9.18 Å². The van der Waals surface area contributed by atoms with Gasteiger partial charge in [-0.25, -0.2) is 4.39 Å². The summed E-state index contributed by atoms with van der Waals surface area (Å²) in [7, 11) is 0. The molecule has 0 spiro atoms. The fourth-order valence-corrected chi connectivity index (χ4v) is 1.59. The SMILES string of the molecule is CC(=O)Nc1ccc(F)cc1-c1ccncc1. The third kappa shape index (κ3) is 2.66. The lowest BCUT2D eigenvalue weighted by Gasteiger charge is -2.10. The Morgan fingerprint density at radius 2 is 1.94 bits per heavy atom. The van der Waals surface area contributed by atoms with E-state index in [4.69, 9.17) is 0 Å². The largest absolute Gasteiger partial charge is 0.326 e. The van der Waals surface area contributed by atoms with Gasteiger partial charge in [-0.1, -0.05) is 0 Å². The third-order valence-electron chi connectivity index (χ3n) is 2.28. The molecule has 1 aromatic heterocycles. The highest BCUT2D eigenvalue weighted by Gasteiger charge is 2.07. The molecule has 1 N–H and O–H groups in total. The molecule has 17 heavy (non-hydrogen) atoms. The van der Waals surface area contributed by atoms with E-state index in [1.165, 1.54) is 19.1 Å². The summed E-state index contributed by atoms with van der Waals surface area (Å²) in [4.78, 5) is 15.0. The number of carbonyl (C=O) groups is 1. The van der Waals surface area contributed by atoms with E-state index in [-0.39, 0.29) is 11.7 Å². The van der Waals surface area contributed by atoms with Crippen LogP contribution in [0.25, 0.3) is 11.1 Å². The number of hydrogen-bond acceptors (Lipinski definition) is 2. The monoisotopic (exact) mass is 230 g/mol. The van der Waals surface area contributed by atoms with Crippen LogP contribution in [0.1, 0.15) is 6.92 Å². The van der Waals surface area contributed by atoms with E-state index in [1.54, 1.807) is 30.6 Å². The van der Waals surface area contributed by atoms with E-state index in [1.807, 2.05) is 0 Å². The molecule has 0 bridgehead atoms. The smallest absolute Gasteiger partial charge is 0.221 e. The second-order valence-electron chi connectivity index (χ2n) is 3.61. The Labute approximate surface area is 98.3 Å². The number of halogens is 1. The van der Waals surface area contributed by atoms with Gasteiger partial charge in [0.25, 0.3) is 0 Å². The molecule has 0 saturated carbocycles. The van der Waals surface area contributed by atoms with Crippen LogP contribution in [0.5, 0.6) is 0 Å². The average Bonchev–Trinajstić information content (AvgIpc) is 2.32. The van der Waals surface area contributed by atoms with Gasteiger partial charge in [-0.05, 0) is 35.9 Å². The van der Waals surface area contributed by atoms with Gasteiger partial charge in [0, 0.05) is 30.6 Å². The Kier molecular flexibility index (Phi) is 3.14. The predicted molar refractivity (Wildman–Crippen MR) is 63.9 cm³/mol. The van der Waals surface area contributed by atoms with Crippen LogP contribution in [0.2, 0.25) is 0 Å². The second-order valence-corrected chi connectivity index (χ2v) is 3.61. The highest BCUT2D eigenvalue weighted by Crippen LogP contribution is 2.28. The molecule has 0 aliphatic carbocycles. The van der Waals surface area contributed by atoms with Gasteiger partial charge in [0.2, 0.25) is 5.91 Å². The van der Waals surface area contributed by atoms with Crippen LogP contribution in [-0.2, 0) is 4.79 Å². The standard InChI is InChI=1S/C13H11FN2O/c1-9(17)16-13-3-2-11(14)8-12(13)10-4-6-15-7-5-10/h2-8H,1H3,(H,16,17). The van der Waals surface area contributed by atoms with Gasteiger partial charge in [-0.15, -0.1) is 0 Å². The first-order chi connectivity index (χ1) is 8.16. The van der Waals surface area contributed by atoms with E-state index in [0.29, 0.717) is 11.3 Å². The van der Waals surface area contributed by atoms with Crippen LogP contribution in [0.3, 0.4) is 0 Å². The van der Waals surface area contributed by atoms with Crippen molar-refractivity contribution in [2.75, 3.05) is 5.32 Å². The lowest BCUT2D eigenvalue weighted by Crippen LogP contribution is -2.07. The van der Waals surface area contributed by atoms with Gasteiger partial charge < -0.3 is 5.32 Å². The molecule has 1 aromatic carbocycles. The van der Waals surface area contributed by atoms with Crippen LogP contribution in [0, 0.1) is 5.82 Å². The Balaban J connectivity index is 2.51. The minimum absolute atomic E-state index is 0.188. The van der Waals surface area contributed by atoms with Gasteiger partial charge in [0.15, 0.2) is 0 Å². The molecule has 0 atom stereocenters. The van der Waals surface area contributed by atoms with Gasteiger partial charge in [-0.3, -0.25) is 9.78 Å². The van der Waals surface area contributed by atoms with Gasteiger partial charge in [0.05, 0.1) is 0 Å². The first-order valence-electron chi connectivity index (χ1n) is 5.14. The summed E-state index contributed by atoms with van der Waals surface area (Å²) in [5, 5.41) is 2.67. The van der Waals surface area contributed by atoms with Crippen LogP contribution in [-0.4, -0.2) is 10.9 Å². The number of benzene rings is 1. The van der Waals surface area contributed by atoms with Crippen LogP contribution in [0.4, 0.5) is 10.1 Å². The topological polar surface area (TPSA) is 42.0 Å². The molecule has 1 heterocycles. The predicted octanol–water partition coefficient (Wildman–Crippen LogP) is 2.85. The summed E-state index contributed by atoms with van der Waals surface area (Å²) in [6.07, 6.45) is 3.25. The maximum atomic E-state index is 13.2. The van der Waals surface area contributed by atoms with Crippen molar-refractivity contribution < 1.29 is 9.18 Å². The zero-order valence-corrected chi connectivity index (χ0v) is 9.27. The van der Waals surface area contributed by atoms with E-state index >= 15 is 0 Å². The molecule has 2 rings (SSSR count). The minimum Gasteiger partial charge on any atom is -0.326 e. The van der Waals surface area contributed by atoms with Crippen molar-refractivity contribution in [1.29, 1.82) is 0 Å². The van der Waals surface area contributed by atoms with Gasteiger partial charge >= 0.3 is 0 Å². The maximum Gasteiger partial charge on any atom is 0.221 e. The van der Waals surface area contributed by atoms with Crippen LogP contribution >= 0.6 is 0 Å². The number of carbonyl (C=O) groups excluding carboxylic acids is 1. The number of nitrogens with one attached hydrogen (secondary N) is 1. The molecule has 0 aliphatic heterocycles. The summed E-state index contributed by atoms with van der Waals surface area (Å²) in [5.41, 5.74) is 2.04. The van der Waals surface area contributed by atoms with Crippen molar-refractivity contribution in [1.82, 2.24) is 4.98 Å². The zero-order chi connectivity index (χ0) is 12.3. The summed E-state index contributed by atoms with van der Waals surface area (Å²) in [6, 6.07) is 7.78. The number of pyridine rings is 1. The number of nitrogens with zero attached hydrogens (tertiary/aromatic N) is 1. The first kappa shape index (κ1) is 11.3. The summed E-state index contributed by atoms with van der Waals surface area (Å²) in [6.45, 7) is 1.42. The third-order valence-corrected chi connectivity index (χ3v) is 2.28. The fourth-order valence-electron chi connectivity index (χ4n) is 1.59. The Hall–Kier alpha value is -2.23. The normalized spacial score (nSPS) is 10.0. The Morgan fingerprint density at radius 3 is 2.59 bits per heavy atom. The van der Waals surface area contributed by atoms with E-state index in [2.05, 4.69) is 10.3 Å². The summed E-state index contributed by atoms with van der Waals surface area (Å²) >= 11 is 0. The van der Waals surface area contributed by atoms with Crippen molar-refractivity contribution in [2.45, 2.75) is 6.92 Å². The molecule has 0 saturated heterocycles. The van der Waals surface area contributed by atoms with Crippen LogP contribution in [0.15, 0.2) is 42.7 Å². The molecule has 0 aliphatic rings. The molecule has 0 unspecified atom stereocenters. The Morgan fingerprint density at radius 1 is 1.24 bits per heavy atom. The average molecular weight is 230 g/mol. The quantitative estimate of drug-likeness (QED) is 0.861. The number of anilines is 1. The molecule has 2 aromatic rings. The summed E-state index contributed by atoms with van der Waals surface area (Å²) < 4.78 is 13.2. The highest BCUT2D eigenvalue weighted by atomic mass is 19.1. The van der Waals surface area contributed by atoms with Crippen molar-refractivity contribution in [3.05, 3.63) is 48.5 Å². The van der Waals surface area contributed by atoms with Crippen molar-refractivity contribution in [2.24, 2.45) is 0 Å². The van der Waals surface area contributed by atoms with E-state index in [0.717, 1.165) is 5.56 Å². The summed E-state index contributed by atoms with van der Waals surface area (Å²) in [5.74, 6) is -0.530. The molecule has 86 valence electrons. The molecular formula is C13H11FN2O. The molecule has 0 radical (unpaired) electrons. The molecule has 3 nitrogen and oxygen atoms in total. The minimum atomic E-state index is -0.342. The van der Waals surface area contributed by atoms with E-state index < -0.39 is 0 Å². The van der Waals surface area contributed by atoms with Crippen molar-refractivity contribution >= 4 is 11.6 Å². The number of hydrogen-bond donors (Lipinski definition) is 1. The van der Waals surface area contributed by atoms with Crippen molar-refractivity contribution in [3.8, 4) is 11.1 Å². The van der Waals surface area contributed by atoms with Crippen LogP contribution < -0.4 is 5.32 Å². The molecule has 4 heteroatoms. The first-order valence-corrected chi connectivity index (χ1v) is 5.14. The Bertz CT molecular complexity index is 540. The number of amides is 1. The second kappa shape index (κ2) is 4.74. The lowest BCUT2D eigenvalue weighted by molar-refractivity contribution is -0.114. The molecule has 1 amide bonds. The lowest BCUT2D eigenvalue weighted by atomic mass is 10.0. The maximum absolute atomic E-state index is 13.2. The zero-order valence-electron chi connectivity index (χ0n) is 9.27. The van der Waals surface area contributed by atoms with Crippen molar-refractivity contribution in [3.63, 3.8) is 0 Å². The number of rotatable bonds is 2. The van der Waals surface area contributed by atoms with Gasteiger partial charge in [-0.2, -0.15) is 0 Å². The highest BCUT2D eigenvalue weighted by molar-refractivity contribution is 5.94. The molecule has 0 fully saturated rings. The fraction of sp³-hybridized carbons (Fsp3) is 0.0769. The van der Waals surface area contributed by atoms with Gasteiger partial charge in [0.1, 0.15) is 5.82 Å². The molecular weight excluding hydrogens is 219 g/mol.